The first-order valence-corrected chi connectivity index (χ1v) is 7.66. The van der Waals surface area contributed by atoms with Crippen molar-refractivity contribution in [3.05, 3.63) is 0 Å². The molecule has 3 heteroatoms. The molecule has 0 aliphatic heterocycles. The molecule has 1 aliphatic carbocycles. The third kappa shape index (κ3) is 5.85. The van der Waals surface area contributed by atoms with E-state index >= 15 is 0 Å². The summed E-state index contributed by atoms with van der Waals surface area (Å²) in [7, 11) is 0. The second kappa shape index (κ2) is 8.52. The number of carbonyl (C=O) groups is 1. The van der Waals surface area contributed by atoms with Crippen LogP contribution in [0.1, 0.15) is 65.2 Å². The molecule has 0 saturated heterocycles. The molecule has 0 radical (unpaired) electrons. The molecule has 1 fully saturated rings. The average Bonchev–Trinajstić information content (AvgIpc) is 2.36. The van der Waals surface area contributed by atoms with Gasteiger partial charge in [0, 0.05) is 18.5 Å². The average molecular weight is 254 g/mol. The quantitative estimate of drug-likeness (QED) is 0.734. The van der Waals surface area contributed by atoms with Gasteiger partial charge in [-0.2, -0.15) is 0 Å². The first-order chi connectivity index (χ1) is 8.63. The number of amides is 1. The van der Waals surface area contributed by atoms with Gasteiger partial charge in [0.1, 0.15) is 0 Å². The van der Waals surface area contributed by atoms with Crippen molar-refractivity contribution in [1.29, 1.82) is 0 Å². The molecule has 2 atom stereocenters. The van der Waals surface area contributed by atoms with Gasteiger partial charge in [0.15, 0.2) is 0 Å². The van der Waals surface area contributed by atoms with Crippen molar-refractivity contribution in [2.75, 3.05) is 6.54 Å². The molecule has 3 N–H and O–H groups in total. The van der Waals surface area contributed by atoms with Gasteiger partial charge in [0.05, 0.1) is 0 Å². The van der Waals surface area contributed by atoms with Crippen molar-refractivity contribution in [3.63, 3.8) is 0 Å². The highest BCUT2D eigenvalue weighted by molar-refractivity contribution is 5.78. The molecule has 1 amide bonds. The Hall–Kier alpha value is -0.570. The highest BCUT2D eigenvalue weighted by atomic mass is 16.1. The third-order valence-corrected chi connectivity index (χ3v) is 4.11. The van der Waals surface area contributed by atoms with Crippen LogP contribution >= 0.6 is 0 Å². The minimum absolute atomic E-state index is 0.170. The van der Waals surface area contributed by atoms with E-state index in [1.807, 2.05) is 6.92 Å². The molecule has 0 heterocycles. The summed E-state index contributed by atoms with van der Waals surface area (Å²) in [5.41, 5.74) is 5.69. The van der Waals surface area contributed by atoms with Crippen LogP contribution in [0.15, 0.2) is 0 Å². The predicted molar refractivity (Wildman–Crippen MR) is 76.2 cm³/mol. The van der Waals surface area contributed by atoms with E-state index in [1.165, 1.54) is 32.1 Å². The van der Waals surface area contributed by atoms with Gasteiger partial charge in [-0.25, -0.2) is 0 Å². The molecule has 18 heavy (non-hydrogen) atoms. The molecule has 106 valence electrons. The Morgan fingerprint density at radius 2 is 2.00 bits per heavy atom. The Kier molecular flexibility index (Phi) is 7.33. The summed E-state index contributed by atoms with van der Waals surface area (Å²) in [6.07, 6.45) is 9.65. The van der Waals surface area contributed by atoms with Crippen LogP contribution in [0.3, 0.4) is 0 Å². The number of rotatable bonds is 7. The molecular formula is C15H30N2O. The third-order valence-electron chi connectivity index (χ3n) is 4.11. The van der Waals surface area contributed by atoms with Crippen molar-refractivity contribution in [3.8, 4) is 0 Å². The molecule has 2 unspecified atom stereocenters. The normalized spacial score (nSPS) is 20.4. The van der Waals surface area contributed by atoms with Crippen molar-refractivity contribution in [2.24, 2.45) is 17.6 Å². The molecule has 0 aromatic rings. The van der Waals surface area contributed by atoms with Gasteiger partial charge in [-0.1, -0.05) is 39.0 Å². The van der Waals surface area contributed by atoms with Crippen LogP contribution in [0.2, 0.25) is 0 Å². The second-order valence-electron chi connectivity index (χ2n) is 5.90. The van der Waals surface area contributed by atoms with Crippen molar-refractivity contribution < 1.29 is 4.79 Å². The van der Waals surface area contributed by atoms with E-state index in [0.29, 0.717) is 0 Å². The van der Waals surface area contributed by atoms with Crippen molar-refractivity contribution in [2.45, 2.75) is 71.3 Å². The molecule has 0 spiro atoms. The Balaban J connectivity index is 2.27. The van der Waals surface area contributed by atoms with E-state index < -0.39 is 0 Å². The lowest BCUT2D eigenvalue weighted by molar-refractivity contribution is -0.125. The van der Waals surface area contributed by atoms with Gasteiger partial charge < -0.3 is 11.1 Å². The van der Waals surface area contributed by atoms with E-state index in [0.717, 1.165) is 31.7 Å². The maximum atomic E-state index is 12.1. The summed E-state index contributed by atoms with van der Waals surface area (Å²) >= 11 is 0. The lowest BCUT2D eigenvalue weighted by Gasteiger charge is -2.25. The molecule has 0 aromatic carbocycles. The summed E-state index contributed by atoms with van der Waals surface area (Å²) in [6, 6.07) is 0.170. The molecule has 3 nitrogen and oxygen atoms in total. The van der Waals surface area contributed by atoms with Gasteiger partial charge in [-0.15, -0.1) is 0 Å². The number of carbonyl (C=O) groups excluding carboxylic acids is 1. The summed E-state index contributed by atoms with van der Waals surface area (Å²) in [4.78, 5) is 12.1. The summed E-state index contributed by atoms with van der Waals surface area (Å²) in [5, 5.41) is 3.04. The number of hydrogen-bond acceptors (Lipinski definition) is 2. The number of nitrogens with one attached hydrogen (secondary N) is 1. The zero-order valence-electron chi connectivity index (χ0n) is 12.1. The molecule has 0 aromatic heterocycles. The topological polar surface area (TPSA) is 55.1 Å². The summed E-state index contributed by atoms with van der Waals surface area (Å²) < 4.78 is 0. The SMILES string of the molecule is CCC(CC1CCCCC1)C(=O)NCCC(C)N. The first-order valence-electron chi connectivity index (χ1n) is 7.66. The van der Waals surface area contributed by atoms with Gasteiger partial charge in [0.2, 0.25) is 5.91 Å². The summed E-state index contributed by atoms with van der Waals surface area (Å²) in [6.45, 7) is 4.82. The van der Waals surface area contributed by atoms with Crippen LogP contribution in [0.4, 0.5) is 0 Å². The van der Waals surface area contributed by atoms with Crippen molar-refractivity contribution in [1.82, 2.24) is 5.32 Å². The van der Waals surface area contributed by atoms with Crippen LogP contribution in [-0.4, -0.2) is 18.5 Å². The fourth-order valence-electron chi connectivity index (χ4n) is 2.85. The zero-order valence-corrected chi connectivity index (χ0v) is 12.1. The van der Waals surface area contributed by atoms with Crippen LogP contribution < -0.4 is 11.1 Å². The van der Waals surface area contributed by atoms with E-state index in [2.05, 4.69) is 12.2 Å². The zero-order chi connectivity index (χ0) is 13.4. The smallest absolute Gasteiger partial charge is 0.223 e. The largest absolute Gasteiger partial charge is 0.356 e. The van der Waals surface area contributed by atoms with Gasteiger partial charge in [0.25, 0.3) is 0 Å². The van der Waals surface area contributed by atoms with Crippen LogP contribution in [0, 0.1) is 11.8 Å². The standard InChI is InChI=1S/C15H30N2O/c1-3-14(11-13-7-5-4-6-8-13)15(18)17-10-9-12(2)16/h12-14H,3-11,16H2,1-2H3,(H,17,18). The maximum absolute atomic E-state index is 12.1. The Morgan fingerprint density at radius 1 is 1.33 bits per heavy atom. The van der Waals surface area contributed by atoms with E-state index in [-0.39, 0.29) is 17.9 Å². The number of hydrogen-bond donors (Lipinski definition) is 2. The van der Waals surface area contributed by atoms with Gasteiger partial charge >= 0.3 is 0 Å². The lowest BCUT2D eigenvalue weighted by Crippen LogP contribution is -2.34. The second-order valence-corrected chi connectivity index (χ2v) is 5.90. The van der Waals surface area contributed by atoms with Crippen LogP contribution in [0.5, 0.6) is 0 Å². The monoisotopic (exact) mass is 254 g/mol. The summed E-state index contributed by atoms with van der Waals surface area (Å²) in [5.74, 6) is 1.23. The Morgan fingerprint density at radius 3 is 2.56 bits per heavy atom. The molecular weight excluding hydrogens is 224 g/mol. The molecule has 0 bridgehead atoms. The lowest BCUT2D eigenvalue weighted by atomic mass is 9.82. The fraction of sp³-hybridized carbons (Fsp3) is 0.933. The Bertz CT molecular complexity index is 235. The minimum Gasteiger partial charge on any atom is -0.356 e. The number of nitrogens with two attached hydrogens (primary N) is 1. The van der Waals surface area contributed by atoms with Crippen molar-refractivity contribution >= 4 is 5.91 Å². The van der Waals surface area contributed by atoms with Crippen LogP contribution in [-0.2, 0) is 4.79 Å². The van der Waals surface area contributed by atoms with E-state index in [1.54, 1.807) is 0 Å². The predicted octanol–water partition coefficient (Wildman–Crippen LogP) is 2.84. The maximum Gasteiger partial charge on any atom is 0.223 e. The van der Waals surface area contributed by atoms with Gasteiger partial charge in [-0.05, 0) is 32.1 Å². The highest BCUT2D eigenvalue weighted by Gasteiger charge is 2.22. The molecule has 1 aliphatic rings. The van der Waals surface area contributed by atoms with Gasteiger partial charge in [-0.3, -0.25) is 4.79 Å². The molecule has 1 saturated carbocycles. The van der Waals surface area contributed by atoms with E-state index in [4.69, 9.17) is 5.73 Å². The Labute approximate surface area is 112 Å². The molecule has 1 rings (SSSR count). The van der Waals surface area contributed by atoms with E-state index in [9.17, 15) is 4.79 Å². The minimum atomic E-state index is 0.170. The van der Waals surface area contributed by atoms with Crippen LogP contribution in [0.25, 0.3) is 0 Å². The first kappa shape index (κ1) is 15.5. The highest BCUT2D eigenvalue weighted by Crippen LogP contribution is 2.30. The fourth-order valence-corrected chi connectivity index (χ4v) is 2.85.